The van der Waals surface area contributed by atoms with E-state index in [9.17, 15) is 9.59 Å². The highest BCUT2D eigenvalue weighted by Crippen LogP contribution is 2.22. The van der Waals surface area contributed by atoms with Crippen LogP contribution in [0.3, 0.4) is 0 Å². The topological polar surface area (TPSA) is 113 Å². The van der Waals surface area contributed by atoms with E-state index >= 15 is 0 Å². The van der Waals surface area contributed by atoms with Crippen molar-refractivity contribution in [3.05, 3.63) is 64.4 Å². The predicted molar refractivity (Wildman–Crippen MR) is 108 cm³/mol. The Hall–Kier alpha value is -3.66. The van der Waals surface area contributed by atoms with Crippen molar-refractivity contribution in [2.45, 2.75) is 20.8 Å². The van der Waals surface area contributed by atoms with Crippen LogP contribution in [0.2, 0.25) is 0 Å². The van der Waals surface area contributed by atoms with E-state index in [1.54, 1.807) is 49.8 Å². The summed E-state index contributed by atoms with van der Waals surface area (Å²) in [6.07, 6.45) is 3.19. The molecule has 10 heteroatoms. The summed E-state index contributed by atoms with van der Waals surface area (Å²) in [5.74, 6) is 0.695. The molecule has 4 aromatic heterocycles. The fourth-order valence-corrected chi connectivity index (χ4v) is 3.75. The maximum Gasteiger partial charge on any atom is 0.358 e. The Morgan fingerprint density at radius 2 is 1.93 bits per heavy atom. The molecule has 0 aromatic carbocycles. The third-order valence-electron chi connectivity index (χ3n) is 4.38. The number of thiazole rings is 1. The zero-order valence-electron chi connectivity index (χ0n) is 16.4. The van der Waals surface area contributed by atoms with E-state index in [4.69, 9.17) is 9.26 Å². The number of carbonyl (C=O) groups excluding carboxylic acids is 2. The molecule has 4 aromatic rings. The van der Waals surface area contributed by atoms with Gasteiger partial charge in [0.1, 0.15) is 5.76 Å². The molecule has 0 saturated heterocycles. The van der Waals surface area contributed by atoms with Crippen LogP contribution in [0.5, 0.6) is 0 Å². The van der Waals surface area contributed by atoms with Crippen molar-refractivity contribution in [3.8, 4) is 16.6 Å². The largest absolute Gasteiger partial charge is 0.453 e. The number of Topliss-reactive ketones (excluding diaryl/α,β-unsaturated/α-hetero) is 1. The van der Waals surface area contributed by atoms with E-state index in [-0.39, 0.29) is 11.5 Å². The van der Waals surface area contributed by atoms with Crippen molar-refractivity contribution >= 4 is 23.1 Å². The summed E-state index contributed by atoms with van der Waals surface area (Å²) in [5.41, 5.74) is 2.08. The van der Waals surface area contributed by atoms with Crippen molar-refractivity contribution in [2.75, 3.05) is 6.61 Å². The van der Waals surface area contributed by atoms with E-state index in [1.165, 1.54) is 11.3 Å². The van der Waals surface area contributed by atoms with E-state index in [1.807, 2.05) is 11.5 Å². The van der Waals surface area contributed by atoms with Crippen molar-refractivity contribution in [1.29, 1.82) is 0 Å². The van der Waals surface area contributed by atoms with E-state index < -0.39 is 12.6 Å². The zero-order valence-corrected chi connectivity index (χ0v) is 17.3. The Morgan fingerprint density at radius 1 is 1.17 bits per heavy atom. The number of aryl methyl sites for hydroxylation is 2. The first kappa shape index (κ1) is 19.6. The third kappa shape index (κ3) is 3.77. The molecule has 0 amide bonds. The molecule has 152 valence electrons. The first-order chi connectivity index (χ1) is 14.4. The summed E-state index contributed by atoms with van der Waals surface area (Å²) in [5, 5.41) is 6.05. The van der Waals surface area contributed by atoms with Gasteiger partial charge in [-0.15, -0.1) is 11.3 Å². The van der Waals surface area contributed by atoms with Gasteiger partial charge in [0, 0.05) is 40.8 Å². The third-order valence-corrected chi connectivity index (χ3v) is 5.22. The molecule has 0 bridgehead atoms. The van der Waals surface area contributed by atoms with Crippen LogP contribution >= 0.6 is 11.3 Å². The first-order valence-corrected chi connectivity index (χ1v) is 9.88. The number of ether oxygens (including phenoxy) is 1. The average molecular weight is 423 g/mol. The molecule has 30 heavy (non-hydrogen) atoms. The zero-order chi connectivity index (χ0) is 21.3. The first-order valence-electron chi connectivity index (χ1n) is 9.00. The molecular formula is C20H17N5O4S. The number of carbonyl (C=O) groups is 2. The van der Waals surface area contributed by atoms with E-state index in [0.717, 1.165) is 5.69 Å². The van der Waals surface area contributed by atoms with Gasteiger partial charge in [0.2, 0.25) is 5.78 Å². The van der Waals surface area contributed by atoms with Gasteiger partial charge in [-0.25, -0.2) is 19.7 Å². The van der Waals surface area contributed by atoms with Gasteiger partial charge < -0.3 is 9.26 Å². The van der Waals surface area contributed by atoms with E-state index in [0.29, 0.717) is 33.7 Å². The second-order valence-electron chi connectivity index (χ2n) is 6.53. The molecule has 0 saturated carbocycles. The predicted octanol–water partition coefficient (Wildman–Crippen LogP) is 3.34. The van der Waals surface area contributed by atoms with Crippen LogP contribution in [-0.2, 0) is 4.74 Å². The molecular weight excluding hydrogens is 406 g/mol. The Balaban J connectivity index is 1.45. The number of ketones is 1. The smallest absolute Gasteiger partial charge is 0.358 e. The van der Waals surface area contributed by atoms with Gasteiger partial charge in [-0.1, -0.05) is 5.16 Å². The molecule has 0 fully saturated rings. The maximum absolute atomic E-state index is 12.7. The summed E-state index contributed by atoms with van der Waals surface area (Å²) in [4.78, 5) is 37.4. The summed E-state index contributed by atoms with van der Waals surface area (Å²) in [7, 11) is 0. The molecule has 0 radical (unpaired) electrons. The molecule has 0 aliphatic carbocycles. The maximum atomic E-state index is 12.7. The Kier molecular flexibility index (Phi) is 5.23. The SMILES string of the molecule is Cc1cc(-n2c(C)cc(C(=O)COC(=O)c3csc(-c4ncccn4)n3)c2C)no1. The lowest BCUT2D eigenvalue weighted by atomic mass is 10.1. The normalized spacial score (nSPS) is 10.9. The minimum atomic E-state index is -0.678. The van der Waals surface area contributed by atoms with E-state index in [2.05, 4.69) is 20.1 Å². The summed E-state index contributed by atoms with van der Waals surface area (Å²) in [6.45, 7) is 5.07. The summed E-state index contributed by atoms with van der Waals surface area (Å²) < 4.78 is 12.1. The molecule has 0 unspecified atom stereocenters. The molecule has 9 nitrogen and oxygen atoms in total. The van der Waals surface area contributed by atoms with Gasteiger partial charge in [0.15, 0.2) is 29.0 Å². The highest BCUT2D eigenvalue weighted by Gasteiger charge is 2.21. The Bertz CT molecular complexity index is 1230. The number of aromatic nitrogens is 5. The van der Waals surface area contributed by atoms with Crippen molar-refractivity contribution in [2.24, 2.45) is 0 Å². The quantitative estimate of drug-likeness (QED) is 0.343. The lowest BCUT2D eigenvalue weighted by Gasteiger charge is -2.05. The number of hydrogen-bond donors (Lipinski definition) is 0. The van der Waals surface area contributed by atoms with Crippen LogP contribution in [0.4, 0.5) is 0 Å². The van der Waals surface area contributed by atoms with Crippen LogP contribution in [0.1, 0.15) is 38.0 Å². The van der Waals surface area contributed by atoms with Crippen LogP contribution in [-0.4, -0.2) is 43.0 Å². The second-order valence-corrected chi connectivity index (χ2v) is 7.38. The molecule has 0 atom stereocenters. The van der Waals surface area contributed by atoms with Crippen LogP contribution in [0, 0.1) is 20.8 Å². The number of rotatable bonds is 6. The molecule has 4 rings (SSSR count). The van der Waals surface area contributed by atoms with Gasteiger partial charge >= 0.3 is 5.97 Å². The van der Waals surface area contributed by atoms with Crippen LogP contribution < -0.4 is 0 Å². The molecule has 4 heterocycles. The Morgan fingerprint density at radius 3 is 2.63 bits per heavy atom. The van der Waals surface area contributed by atoms with Gasteiger partial charge in [0.05, 0.1) is 0 Å². The molecule has 0 aliphatic rings. The highest BCUT2D eigenvalue weighted by molar-refractivity contribution is 7.13. The summed E-state index contributed by atoms with van der Waals surface area (Å²) in [6, 6.07) is 5.21. The average Bonchev–Trinajstić information content (AvgIpc) is 3.46. The van der Waals surface area contributed by atoms with Crippen LogP contribution in [0.25, 0.3) is 16.6 Å². The molecule has 0 N–H and O–H groups in total. The minimum Gasteiger partial charge on any atom is -0.453 e. The number of hydrogen-bond acceptors (Lipinski definition) is 9. The fourth-order valence-electron chi connectivity index (χ4n) is 3.02. The highest BCUT2D eigenvalue weighted by atomic mass is 32.1. The van der Waals surface area contributed by atoms with Gasteiger partial charge in [-0.2, -0.15) is 0 Å². The van der Waals surface area contributed by atoms with Crippen LogP contribution in [0.15, 0.2) is 40.5 Å². The van der Waals surface area contributed by atoms with Gasteiger partial charge in [-0.3, -0.25) is 9.36 Å². The Labute approximate surface area is 175 Å². The summed E-state index contributed by atoms with van der Waals surface area (Å²) >= 11 is 1.23. The minimum absolute atomic E-state index is 0.110. The number of esters is 1. The van der Waals surface area contributed by atoms with Crippen molar-refractivity contribution in [3.63, 3.8) is 0 Å². The van der Waals surface area contributed by atoms with Crippen molar-refractivity contribution in [1.82, 2.24) is 24.7 Å². The molecule has 0 spiro atoms. The monoisotopic (exact) mass is 423 g/mol. The lowest BCUT2D eigenvalue weighted by molar-refractivity contribution is 0.0469. The molecule has 0 aliphatic heterocycles. The second kappa shape index (κ2) is 7.99. The van der Waals surface area contributed by atoms with Crippen molar-refractivity contribution < 1.29 is 18.8 Å². The van der Waals surface area contributed by atoms with Gasteiger partial charge in [0.25, 0.3) is 0 Å². The lowest BCUT2D eigenvalue weighted by Crippen LogP contribution is -2.15. The number of nitrogens with zero attached hydrogens (tertiary/aromatic N) is 5. The standard InChI is InChI=1S/C20H17N5O4S/c1-11-7-14(13(3)25(11)17-8-12(2)29-24-17)16(26)9-28-20(27)15-10-30-19(23-15)18-21-5-4-6-22-18/h4-8,10H,9H2,1-3H3. The fraction of sp³-hybridized carbons (Fsp3) is 0.200. The van der Waals surface area contributed by atoms with Gasteiger partial charge in [-0.05, 0) is 32.9 Å².